The molecule has 3 aromatic rings. The van der Waals surface area contributed by atoms with Gasteiger partial charge in [-0.1, -0.05) is 0 Å². The first-order valence-electron chi connectivity index (χ1n) is 8.15. The molecule has 28 heavy (non-hydrogen) atoms. The molecule has 2 amide bonds. The minimum atomic E-state index is -0.471. The molecule has 3 N–H and O–H groups in total. The number of aromatic nitrogens is 2. The number of methoxy groups -OCH3 is 2. The number of nitrogens with one attached hydrogen (secondary N) is 1. The number of hydrogen-bond acceptors (Lipinski definition) is 8. The van der Waals surface area contributed by atoms with Crippen molar-refractivity contribution < 1.29 is 19.1 Å². The van der Waals surface area contributed by atoms with E-state index in [-0.39, 0.29) is 12.3 Å². The lowest BCUT2D eigenvalue weighted by Crippen LogP contribution is -2.14. The van der Waals surface area contributed by atoms with Gasteiger partial charge in [-0.3, -0.25) is 14.9 Å². The first-order valence-corrected chi connectivity index (χ1v) is 9.84. The van der Waals surface area contributed by atoms with E-state index in [0.717, 1.165) is 5.56 Å². The molecule has 3 rings (SSSR count). The molecule has 10 heteroatoms. The molecular weight excluding hydrogens is 400 g/mol. The van der Waals surface area contributed by atoms with Crippen molar-refractivity contribution >= 4 is 39.6 Å². The molecule has 1 aromatic carbocycles. The fraction of sp³-hybridized carbons (Fsp3) is 0.222. The number of nitrogens with two attached hydrogens (primary N) is 1. The quantitative estimate of drug-likeness (QED) is 0.609. The van der Waals surface area contributed by atoms with Crippen molar-refractivity contribution in [2.45, 2.75) is 13.3 Å². The highest BCUT2D eigenvalue weighted by Crippen LogP contribution is 2.35. The van der Waals surface area contributed by atoms with Gasteiger partial charge < -0.3 is 15.2 Å². The predicted molar refractivity (Wildman–Crippen MR) is 108 cm³/mol. The van der Waals surface area contributed by atoms with Gasteiger partial charge in [0.05, 0.1) is 32.0 Å². The minimum absolute atomic E-state index is 0.0371. The Labute approximate surface area is 169 Å². The van der Waals surface area contributed by atoms with Gasteiger partial charge in [0, 0.05) is 10.9 Å². The number of primary amides is 1. The molecule has 2 heterocycles. The Balaban J connectivity index is 1.81. The minimum Gasteiger partial charge on any atom is -0.493 e. The maximum absolute atomic E-state index is 12.6. The Morgan fingerprint density at radius 1 is 1.18 bits per heavy atom. The summed E-state index contributed by atoms with van der Waals surface area (Å²) in [6.45, 7) is 1.77. The lowest BCUT2D eigenvalue weighted by molar-refractivity contribution is -0.117. The van der Waals surface area contributed by atoms with E-state index < -0.39 is 5.91 Å². The largest absolute Gasteiger partial charge is 0.493 e. The van der Waals surface area contributed by atoms with Crippen LogP contribution >= 0.6 is 22.7 Å². The topological polar surface area (TPSA) is 116 Å². The second kappa shape index (κ2) is 8.36. The Morgan fingerprint density at radius 3 is 2.61 bits per heavy atom. The van der Waals surface area contributed by atoms with Crippen molar-refractivity contribution in [3.63, 3.8) is 0 Å². The van der Waals surface area contributed by atoms with E-state index in [1.165, 1.54) is 22.7 Å². The second-order valence-electron chi connectivity index (χ2n) is 5.74. The molecule has 0 spiro atoms. The molecule has 0 unspecified atom stereocenters. The third kappa shape index (κ3) is 4.29. The lowest BCUT2D eigenvalue weighted by Gasteiger charge is -2.08. The fourth-order valence-electron chi connectivity index (χ4n) is 2.48. The van der Waals surface area contributed by atoms with Gasteiger partial charge in [0.15, 0.2) is 16.6 Å². The van der Waals surface area contributed by atoms with E-state index >= 15 is 0 Å². The zero-order chi connectivity index (χ0) is 20.3. The first-order chi connectivity index (χ1) is 13.4. The van der Waals surface area contributed by atoms with Gasteiger partial charge in [0.1, 0.15) is 9.88 Å². The third-order valence-corrected chi connectivity index (χ3v) is 5.77. The van der Waals surface area contributed by atoms with Gasteiger partial charge in [-0.05, 0) is 25.1 Å². The number of amides is 2. The van der Waals surface area contributed by atoms with Crippen LogP contribution in [0.2, 0.25) is 0 Å². The zero-order valence-corrected chi connectivity index (χ0v) is 17.1. The number of hydrogen-bond donors (Lipinski definition) is 2. The summed E-state index contributed by atoms with van der Waals surface area (Å²) in [5.41, 5.74) is 7.12. The van der Waals surface area contributed by atoms with Gasteiger partial charge in [0.25, 0.3) is 5.91 Å². The number of aryl methyl sites for hydroxylation is 1. The first kappa shape index (κ1) is 19.8. The van der Waals surface area contributed by atoms with Crippen LogP contribution in [0.25, 0.3) is 10.6 Å². The predicted octanol–water partition coefficient (Wildman–Crippen LogP) is 2.87. The molecule has 146 valence electrons. The van der Waals surface area contributed by atoms with Crippen LogP contribution in [0.1, 0.15) is 21.1 Å². The molecule has 0 aliphatic heterocycles. The molecular formula is C18H18N4O4S2. The summed E-state index contributed by atoms with van der Waals surface area (Å²) in [7, 11) is 3.13. The molecule has 0 fully saturated rings. The van der Waals surface area contributed by atoms with Crippen LogP contribution in [0.15, 0.2) is 23.6 Å². The van der Waals surface area contributed by atoms with E-state index in [4.69, 9.17) is 15.2 Å². The van der Waals surface area contributed by atoms with Crippen LogP contribution in [-0.4, -0.2) is 36.0 Å². The third-order valence-electron chi connectivity index (χ3n) is 3.76. The summed E-state index contributed by atoms with van der Waals surface area (Å²) in [6.07, 6.45) is 0.0371. The number of carbonyl (C=O) groups is 2. The van der Waals surface area contributed by atoms with E-state index in [1.807, 2.05) is 12.1 Å². The van der Waals surface area contributed by atoms with Crippen LogP contribution < -0.4 is 20.5 Å². The smallest absolute Gasteiger partial charge is 0.269 e. The van der Waals surface area contributed by atoms with Gasteiger partial charge in [-0.25, -0.2) is 9.97 Å². The average Bonchev–Trinajstić information content (AvgIpc) is 3.26. The Bertz CT molecular complexity index is 1030. The molecule has 2 aromatic heterocycles. The van der Waals surface area contributed by atoms with Gasteiger partial charge in [0.2, 0.25) is 5.91 Å². The number of benzene rings is 1. The highest BCUT2D eigenvalue weighted by molar-refractivity contribution is 7.17. The normalized spacial score (nSPS) is 10.5. The number of rotatable bonds is 7. The van der Waals surface area contributed by atoms with Gasteiger partial charge >= 0.3 is 0 Å². The highest BCUT2D eigenvalue weighted by atomic mass is 32.1. The number of thiazole rings is 2. The Morgan fingerprint density at radius 2 is 1.93 bits per heavy atom. The summed E-state index contributed by atoms with van der Waals surface area (Å²) >= 11 is 2.51. The number of ether oxygens (including phenoxy) is 2. The van der Waals surface area contributed by atoms with Crippen molar-refractivity contribution in [2.24, 2.45) is 5.73 Å². The van der Waals surface area contributed by atoms with E-state index in [9.17, 15) is 9.59 Å². The van der Waals surface area contributed by atoms with Crippen molar-refractivity contribution in [3.05, 3.63) is 39.8 Å². The summed E-state index contributed by atoms with van der Waals surface area (Å²) in [6, 6.07) is 5.47. The van der Waals surface area contributed by atoms with Crippen LogP contribution in [0, 0.1) is 6.92 Å². The Hall–Kier alpha value is -2.98. The SMILES string of the molecule is COc1ccc(-c2nc(C)c(C(=O)Nc3nc(CC(N)=O)cs3)s2)cc1OC. The maximum atomic E-state index is 12.6. The molecule has 0 saturated heterocycles. The van der Waals surface area contributed by atoms with E-state index in [2.05, 4.69) is 15.3 Å². The van der Waals surface area contributed by atoms with Crippen molar-refractivity contribution in [2.75, 3.05) is 19.5 Å². The highest BCUT2D eigenvalue weighted by Gasteiger charge is 2.18. The van der Waals surface area contributed by atoms with Crippen LogP contribution in [0.3, 0.4) is 0 Å². The maximum Gasteiger partial charge on any atom is 0.269 e. The average molecular weight is 419 g/mol. The fourth-order valence-corrected chi connectivity index (χ4v) is 4.14. The number of carbonyl (C=O) groups excluding carboxylic acids is 2. The molecule has 0 radical (unpaired) electrons. The van der Waals surface area contributed by atoms with Gasteiger partial charge in [-0.15, -0.1) is 22.7 Å². The molecule has 0 saturated carbocycles. The van der Waals surface area contributed by atoms with Crippen LogP contribution in [-0.2, 0) is 11.2 Å². The van der Waals surface area contributed by atoms with Crippen molar-refractivity contribution in [1.29, 1.82) is 0 Å². The van der Waals surface area contributed by atoms with Crippen LogP contribution in [0.5, 0.6) is 11.5 Å². The standard InChI is InChI=1S/C18H18N4O4S2/c1-9-15(16(24)22-18-21-11(8-27-18)7-14(19)23)28-17(20-9)10-4-5-12(25-2)13(6-10)26-3/h4-6,8H,7H2,1-3H3,(H2,19,23)(H,21,22,24). The summed E-state index contributed by atoms with van der Waals surface area (Å²) in [5, 5.41) is 5.53. The second-order valence-corrected chi connectivity index (χ2v) is 7.60. The lowest BCUT2D eigenvalue weighted by atomic mass is 10.2. The zero-order valence-electron chi connectivity index (χ0n) is 15.4. The van der Waals surface area contributed by atoms with E-state index in [0.29, 0.717) is 37.9 Å². The van der Waals surface area contributed by atoms with Crippen molar-refractivity contribution in [3.8, 4) is 22.1 Å². The molecule has 0 atom stereocenters. The summed E-state index contributed by atoms with van der Waals surface area (Å²) < 4.78 is 10.6. The monoisotopic (exact) mass is 418 g/mol. The summed E-state index contributed by atoms with van der Waals surface area (Å²) in [5.74, 6) is 0.430. The van der Waals surface area contributed by atoms with Gasteiger partial charge in [-0.2, -0.15) is 0 Å². The molecule has 0 aliphatic carbocycles. The van der Waals surface area contributed by atoms with Crippen molar-refractivity contribution in [1.82, 2.24) is 9.97 Å². The number of anilines is 1. The summed E-state index contributed by atoms with van der Waals surface area (Å²) in [4.78, 5) is 32.8. The van der Waals surface area contributed by atoms with E-state index in [1.54, 1.807) is 32.6 Å². The molecule has 0 aliphatic rings. The number of nitrogens with zero attached hydrogens (tertiary/aromatic N) is 2. The molecule has 8 nitrogen and oxygen atoms in total. The Kier molecular flexibility index (Phi) is 5.90. The molecule has 0 bridgehead atoms. The van der Waals surface area contributed by atoms with Crippen LogP contribution in [0.4, 0.5) is 5.13 Å².